The maximum Gasteiger partial charge on any atom is 0.166 e. The minimum atomic E-state index is -0.249. The van der Waals surface area contributed by atoms with Crippen LogP contribution in [0, 0.1) is 12.7 Å². The molecule has 1 heterocycles. The van der Waals surface area contributed by atoms with Gasteiger partial charge in [0.2, 0.25) is 0 Å². The number of nitrogens with zero attached hydrogens (tertiary/aromatic N) is 3. The zero-order valence-corrected chi connectivity index (χ0v) is 12.0. The average Bonchev–Trinajstić information content (AvgIpc) is 2.73. The zero-order valence-electron chi connectivity index (χ0n) is 10.5. The molecule has 0 spiro atoms. The van der Waals surface area contributed by atoms with E-state index in [0.29, 0.717) is 16.7 Å². The smallest absolute Gasteiger partial charge is 0.166 e. The van der Waals surface area contributed by atoms with Crippen LogP contribution in [0.4, 0.5) is 4.39 Å². The predicted molar refractivity (Wildman–Crippen MR) is 73.1 cm³/mol. The van der Waals surface area contributed by atoms with Crippen molar-refractivity contribution in [1.29, 1.82) is 0 Å². The molecule has 0 saturated heterocycles. The van der Waals surface area contributed by atoms with Gasteiger partial charge < -0.3 is 4.57 Å². The molecule has 2 aromatic rings. The van der Waals surface area contributed by atoms with Crippen LogP contribution in [0.2, 0.25) is 0 Å². The minimum Gasteiger partial charge on any atom is -0.310 e. The monoisotopic (exact) mass is 311 g/mol. The fourth-order valence-corrected chi connectivity index (χ4v) is 2.31. The van der Waals surface area contributed by atoms with Crippen molar-refractivity contribution in [2.45, 2.75) is 32.1 Å². The van der Waals surface area contributed by atoms with Gasteiger partial charge in [0.1, 0.15) is 11.6 Å². The number of aryl methyl sites for hydroxylation is 1. The van der Waals surface area contributed by atoms with Gasteiger partial charge in [-0.25, -0.2) is 4.39 Å². The zero-order chi connectivity index (χ0) is 13.1. The van der Waals surface area contributed by atoms with Gasteiger partial charge in [0.05, 0.1) is 10.9 Å². The van der Waals surface area contributed by atoms with E-state index in [1.165, 1.54) is 6.07 Å². The molecule has 1 aromatic carbocycles. The molecule has 18 heavy (non-hydrogen) atoms. The molecule has 0 radical (unpaired) electrons. The van der Waals surface area contributed by atoms with Crippen molar-refractivity contribution in [2.75, 3.05) is 0 Å². The van der Waals surface area contributed by atoms with Crippen LogP contribution in [0.3, 0.4) is 0 Å². The first-order valence-corrected chi connectivity index (χ1v) is 7.04. The summed E-state index contributed by atoms with van der Waals surface area (Å²) in [7, 11) is 0. The fraction of sp³-hybridized carbons (Fsp3) is 0.385. The Hall–Kier alpha value is -1.23. The van der Waals surface area contributed by atoms with Crippen LogP contribution in [-0.4, -0.2) is 14.8 Å². The maximum atomic E-state index is 14.0. The number of aromatic nitrogens is 3. The molecule has 0 saturated carbocycles. The van der Waals surface area contributed by atoms with E-state index in [1.54, 1.807) is 6.07 Å². The average molecular weight is 312 g/mol. The number of alkyl halides is 1. The van der Waals surface area contributed by atoms with E-state index >= 15 is 0 Å². The second-order valence-electron chi connectivity index (χ2n) is 4.21. The van der Waals surface area contributed by atoms with Gasteiger partial charge in [-0.05, 0) is 31.0 Å². The van der Waals surface area contributed by atoms with Crippen molar-refractivity contribution in [3.05, 3.63) is 35.4 Å². The maximum absolute atomic E-state index is 14.0. The largest absolute Gasteiger partial charge is 0.310 e. The Morgan fingerprint density at radius 3 is 2.72 bits per heavy atom. The van der Waals surface area contributed by atoms with Gasteiger partial charge in [0.25, 0.3) is 0 Å². The van der Waals surface area contributed by atoms with Crippen LogP contribution in [0.5, 0.6) is 0 Å². The van der Waals surface area contributed by atoms with Crippen LogP contribution >= 0.6 is 15.9 Å². The van der Waals surface area contributed by atoms with Gasteiger partial charge in [0, 0.05) is 6.54 Å². The number of rotatable bonds is 4. The first-order chi connectivity index (χ1) is 8.67. The lowest BCUT2D eigenvalue weighted by Crippen LogP contribution is -2.04. The highest BCUT2D eigenvalue weighted by Gasteiger charge is 2.15. The summed E-state index contributed by atoms with van der Waals surface area (Å²) >= 11 is 3.38. The third kappa shape index (κ3) is 2.46. The lowest BCUT2D eigenvalue weighted by molar-refractivity contribution is 0.620. The Morgan fingerprint density at radius 1 is 1.33 bits per heavy atom. The molecule has 0 aliphatic heterocycles. The lowest BCUT2D eigenvalue weighted by atomic mass is 10.1. The first kappa shape index (κ1) is 13.2. The summed E-state index contributed by atoms with van der Waals surface area (Å²) in [5.41, 5.74) is 1.41. The van der Waals surface area contributed by atoms with Crippen molar-refractivity contribution < 1.29 is 4.39 Å². The summed E-state index contributed by atoms with van der Waals surface area (Å²) in [6.45, 7) is 4.73. The Kier molecular flexibility index (Phi) is 4.11. The normalized spacial score (nSPS) is 10.9. The standard InChI is InChI=1S/C13H15BrFN3/c1-3-6-18-12(8-14)16-17-13(18)10-5-4-9(2)7-11(10)15/h4-5,7H,3,6,8H2,1-2H3. The van der Waals surface area contributed by atoms with Crippen molar-refractivity contribution in [1.82, 2.24) is 14.8 Å². The molecule has 0 N–H and O–H groups in total. The Morgan fingerprint density at radius 2 is 2.11 bits per heavy atom. The quantitative estimate of drug-likeness (QED) is 0.806. The van der Waals surface area contributed by atoms with Crippen molar-refractivity contribution in [3.63, 3.8) is 0 Å². The van der Waals surface area contributed by atoms with Crippen LogP contribution < -0.4 is 0 Å². The van der Waals surface area contributed by atoms with Crippen LogP contribution in [-0.2, 0) is 11.9 Å². The van der Waals surface area contributed by atoms with Gasteiger partial charge in [-0.1, -0.05) is 28.9 Å². The fourth-order valence-electron chi connectivity index (χ4n) is 1.89. The van der Waals surface area contributed by atoms with Gasteiger partial charge in [0.15, 0.2) is 5.82 Å². The molecule has 0 aliphatic rings. The van der Waals surface area contributed by atoms with Gasteiger partial charge in [-0.2, -0.15) is 0 Å². The van der Waals surface area contributed by atoms with Crippen LogP contribution in [0.25, 0.3) is 11.4 Å². The lowest BCUT2D eigenvalue weighted by Gasteiger charge is -2.08. The molecule has 3 nitrogen and oxygen atoms in total. The molecule has 0 bridgehead atoms. The van der Waals surface area contributed by atoms with Gasteiger partial charge in [-0.15, -0.1) is 10.2 Å². The Bertz CT molecular complexity index is 551. The number of hydrogen-bond donors (Lipinski definition) is 0. The predicted octanol–water partition coefficient (Wildman–Crippen LogP) is 3.70. The topological polar surface area (TPSA) is 30.7 Å². The van der Waals surface area contributed by atoms with Crippen molar-refractivity contribution in [3.8, 4) is 11.4 Å². The van der Waals surface area contributed by atoms with Crippen LogP contribution in [0.15, 0.2) is 18.2 Å². The van der Waals surface area contributed by atoms with E-state index in [4.69, 9.17) is 0 Å². The SMILES string of the molecule is CCCn1c(CBr)nnc1-c1ccc(C)cc1F. The van der Waals surface area contributed by atoms with Gasteiger partial charge in [-0.3, -0.25) is 0 Å². The third-order valence-electron chi connectivity index (χ3n) is 2.76. The number of hydrogen-bond acceptors (Lipinski definition) is 2. The number of benzene rings is 1. The molecule has 96 valence electrons. The van der Waals surface area contributed by atoms with Gasteiger partial charge >= 0.3 is 0 Å². The van der Waals surface area contributed by atoms with Crippen molar-refractivity contribution >= 4 is 15.9 Å². The second-order valence-corrected chi connectivity index (χ2v) is 4.77. The molecule has 0 amide bonds. The summed E-state index contributed by atoms with van der Waals surface area (Å²) in [6, 6.07) is 5.17. The molecule has 0 aliphatic carbocycles. The summed E-state index contributed by atoms with van der Waals surface area (Å²) in [4.78, 5) is 0. The molecular formula is C13H15BrFN3. The Labute approximate surface area is 114 Å². The molecule has 2 rings (SSSR count). The highest BCUT2D eigenvalue weighted by molar-refractivity contribution is 9.08. The molecule has 1 aromatic heterocycles. The number of halogens is 2. The minimum absolute atomic E-state index is 0.249. The van der Waals surface area contributed by atoms with E-state index in [2.05, 4.69) is 33.1 Å². The van der Waals surface area contributed by atoms with E-state index < -0.39 is 0 Å². The van der Waals surface area contributed by atoms with Crippen molar-refractivity contribution in [2.24, 2.45) is 0 Å². The van der Waals surface area contributed by atoms with E-state index in [-0.39, 0.29) is 5.82 Å². The second kappa shape index (κ2) is 5.61. The Balaban J connectivity index is 2.52. The molecule has 0 atom stereocenters. The highest BCUT2D eigenvalue weighted by Crippen LogP contribution is 2.23. The summed E-state index contributed by atoms with van der Waals surface area (Å²) < 4.78 is 15.9. The van der Waals surface area contributed by atoms with Crippen LogP contribution in [0.1, 0.15) is 24.7 Å². The molecule has 5 heteroatoms. The summed E-state index contributed by atoms with van der Waals surface area (Å²) in [5.74, 6) is 1.18. The summed E-state index contributed by atoms with van der Waals surface area (Å²) in [6.07, 6.45) is 0.957. The highest BCUT2D eigenvalue weighted by atomic mass is 79.9. The third-order valence-corrected chi connectivity index (χ3v) is 3.26. The molecular weight excluding hydrogens is 297 g/mol. The summed E-state index contributed by atoms with van der Waals surface area (Å²) in [5, 5.41) is 8.82. The van der Waals surface area contributed by atoms with E-state index in [0.717, 1.165) is 24.4 Å². The molecule has 0 unspecified atom stereocenters. The molecule has 0 fully saturated rings. The van der Waals surface area contributed by atoms with E-state index in [1.807, 2.05) is 17.6 Å². The van der Waals surface area contributed by atoms with E-state index in [9.17, 15) is 4.39 Å². The first-order valence-electron chi connectivity index (χ1n) is 5.92.